The number of aromatic nitrogens is 3. The van der Waals surface area contributed by atoms with Crippen molar-refractivity contribution in [3.05, 3.63) is 66.0 Å². The van der Waals surface area contributed by atoms with Crippen molar-refractivity contribution in [2.24, 2.45) is 0 Å². The molecule has 1 atom stereocenters. The Balaban J connectivity index is 1.45. The quantitative estimate of drug-likeness (QED) is 0.678. The summed E-state index contributed by atoms with van der Waals surface area (Å²) >= 11 is 0. The molecule has 2 aromatic heterocycles. The summed E-state index contributed by atoms with van der Waals surface area (Å²) in [6, 6.07) is 14.1. The van der Waals surface area contributed by atoms with Gasteiger partial charge in [0.1, 0.15) is 12.4 Å². The van der Waals surface area contributed by atoms with E-state index in [1.165, 1.54) is 5.56 Å². The smallest absolute Gasteiger partial charge is 0.174 e. The molecule has 1 aromatic carbocycles. The van der Waals surface area contributed by atoms with Crippen LogP contribution in [0.3, 0.4) is 0 Å². The van der Waals surface area contributed by atoms with Crippen LogP contribution in [0.2, 0.25) is 0 Å². The number of hydrogen-bond donors (Lipinski definition) is 0. The van der Waals surface area contributed by atoms with E-state index >= 15 is 0 Å². The van der Waals surface area contributed by atoms with E-state index in [0.29, 0.717) is 13.2 Å². The molecule has 0 aliphatic carbocycles. The molecular weight excluding hydrogens is 290 g/mol. The van der Waals surface area contributed by atoms with E-state index in [-0.39, 0.29) is 6.23 Å². The van der Waals surface area contributed by atoms with E-state index in [4.69, 9.17) is 9.47 Å². The maximum absolute atomic E-state index is 5.78. The lowest BCUT2D eigenvalue weighted by molar-refractivity contribution is 0.305. The number of pyridine rings is 1. The van der Waals surface area contributed by atoms with Crippen LogP contribution in [0.1, 0.15) is 17.4 Å². The van der Waals surface area contributed by atoms with Crippen LogP contribution in [0.4, 0.5) is 0 Å². The summed E-state index contributed by atoms with van der Waals surface area (Å²) < 4.78 is 12.9. The van der Waals surface area contributed by atoms with Gasteiger partial charge in [-0.15, -0.1) is 0 Å². The molecule has 3 aromatic rings. The van der Waals surface area contributed by atoms with Crippen molar-refractivity contribution >= 4 is 0 Å². The highest BCUT2D eigenvalue weighted by molar-refractivity contribution is 5.54. The van der Waals surface area contributed by atoms with Gasteiger partial charge in [0.2, 0.25) is 0 Å². The van der Waals surface area contributed by atoms with Crippen LogP contribution in [0, 0.1) is 6.92 Å². The lowest BCUT2D eigenvalue weighted by atomic mass is 10.2. The van der Waals surface area contributed by atoms with Gasteiger partial charge in [-0.25, -0.2) is 4.68 Å². The highest BCUT2D eigenvalue weighted by Crippen LogP contribution is 2.28. The number of ether oxygens (including phenoxy) is 2. The zero-order valence-corrected chi connectivity index (χ0v) is 12.8. The molecule has 5 nitrogen and oxygen atoms in total. The van der Waals surface area contributed by atoms with Crippen LogP contribution < -0.4 is 4.74 Å². The Kier molecular flexibility index (Phi) is 3.55. The van der Waals surface area contributed by atoms with Gasteiger partial charge in [0.15, 0.2) is 6.23 Å². The molecule has 0 amide bonds. The van der Waals surface area contributed by atoms with Crippen molar-refractivity contribution in [3.63, 3.8) is 0 Å². The Morgan fingerprint density at radius 1 is 1.17 bits per heavy atom. The van der Waals surface area contributed by atoms with Crippen LogP contribution in [0.5, 0.6) is 5.75 Å². The summed E-state index contributed by atoms with van der Waals surface area (Å²) in [6.07, 6.45) is 3.56. The number of epoxide rings is 1. The lowest BCUT2D eigenvalue weighted by Gasteiger charge is -2.08. The first-order chi connectivity index (χ1) is 11.3. The van der Waals surface area contributed by atoms with Crippen molar-refractivity contribution in [3.8, 4) is 17.1 Å². The molecule has 1 saturated heterocycles. The summed E-state index contributed by atoms with van der Waals surface area (Å²) in [5.41, 5.74) is 4.21. The van der Waals surface area contributed by atoms with Crippen molar-refractivity contribution in [1.29, 1.82) is 0 Å². The first-order valence-electron chi connectivity index (χ1n) is 7.59. The molecule has 0 N–H and O–H groups in total. The average Bonchev–Trinajstić information content (AvgIpc) is 3.32. The maximum Gasteiger partial charge on any atom is 0.174 e. The Labute approximate surface area is 134 Å². The summed E-state index contributed by atoms with van der Waals surface area (Å²) in [5.74, 6) is 0.753. The van der Waals surface area contributed by atoms with E-state index in [1.807, 2.05) is 22.9 Å². The average molecular weight is 307 g/mol. The summed E-state index contributed by atoms with van der Waals surface area (Å²) in [6.45, 7) is 3.33. The van der Waals surface area contributed by atoms with E-state index in [9.17, 15) is 0 Å². The molecular formula is C18H17N3O2. The topological polar surface area (TPSA) is 52.5 Å². The van der Waals surface area contributed by atoms with Gasteiger partial charge in [-0.3, -0.25) is 4.98 Å². The van der Waals surface area contributed by atoms with Crippen molar-refractivity contribution in [2.45, 2.75) is 19.8 Å². The Bertz CT molecular complexity index is 790. The first-order valence-corrected chi connectivity index (χ1v) is 7.59. The lowest BCUT2D eigenvalue weighted by Crippen LogP contribution is -2.01. The van der Waals surface area contributed by atoms with Crippen LogP contribution in [0.25, 0.3) is 11.4 Å². The SMILES string of the molecule is Cc1ccc(COc2ccc(-c3ccnn3C3CO3)nc2)cc1. The van der Waals surface area contributed by atoms with Crippen molar-refractivity contribution in [2.75, 3.05) is 6.61 Å². The van der Waals surface area contributed by atoms with Gasteiger partial charge < -0.3 is 9.47 Å². The predicted octanol–water partition coefficient (Wildman–Crippen LogP) is 3.36. The molecule has 0 saturated carbocycles. The van der Waals surface area contributed by atoms with E-state index < -0.39 is 0 Å². The molecule has 0 spiro atoms. The molecule has 116 valence electrons. The molecule has 0 radical (unpaired) electrons. The first kappa shape index (κ1) is 14.0. The van der Waals surface area contributed by atoms with Gasteiger partial charge in [0, 0.05) is 6.20 Å². The molecule has 1 aliphatic heterocycles. The fraction of sp³-hybridized carbons (Fsp3) is 0.222. The molecule has 5 heteroatoms. The molecule has 4 rings (SSSR count). The third kappa shape index (κ3) is 3.10. The van der Waals surface area contributed by atoms with Crippen LogP contribution in [0.15, 0.2) is 54.9 Å². The van der Waals surface area contributed by atoms with Gasteiger partial charge in [-0.05, 0) is 30.7 Å². The molecule has 23 heavy (non-hydrogen) atoms. The second-order valence-electron chi connectivity index (χ2n) is 5.60. The number of rotatable bonds is 5. The van der Waals surface area contributed by atoms with Crippen LogP contribution >= 0.6 is 0 Å². The molecule has 1 unspecified atom stereocenters. The van der Waals surface area contributed by atoms with Gasteiger partial charge in [0.25, 0.3) is 0 Å². The predicted molar refractivity (Wildman–Crippen MR) is 86.0 cm³/mol. The minimum Gasteiger partial charge on any atom is -0.487 e. The molecule has 0 bridgehead atoms. The Morgan fingerprint density at radius 2 is 2.00 bits per heavy atom. The second-order valence-corrected chi connectivity index (χ2v) is 5.60. The minimum atomic E-state index is 0.0549. The van der Waals surface area contributed by atoms with Gasteiger partial charge in [0.05, 0.1) is 24.2 Å². The third-order valence-electron chi connectivity index (χ3n) is 3.78. The fourth-order valence-electron chi connectivity index (χ4n) is 2.40. The zero-order valence-electron chi connectivity index (χ0n) is 12.8. The van der Waals surface area contributed by atoms with Crippen molar-refractivity contribution < 1.29 is 9.47 Å². The number of nitrogens with zero attached hydrogens (tertiary/aromatic N) is 3. The zero-order chi connectivity index (χ0) is 15.6. The maximum atomic E-state index is 5.78. The van der Waals surface area contributed by atoms with Crippen LogP contribution in [-0.2, 0) is 11.3 Å². The van der Waals surface area contributed by atoms with Gasteiger partial charge in [-0.1, -0.05) is 29.8 Å². The van der Waals surface area contributed by atoms with Crippen molar-refractivity contribution in [1.82, 2.24) is 14.8 Å². The highest BCUT2D eigenvalue weighted by Gasteiger charge is 2.28. The number of benzene rings is 1. The summed E-state index contributed by atoms with van der Waals surface area (Å²) in [7, 11) is 0. The van der Waals surface area contributed by atoms with E-state index in [0.717, 1.165) is 22.7 Å². The molecule has 1 fully saturated rings. The third-order valence-corrected chi connectivity index (χ3v) is 3.78. The monoisotopic (exact) mass is 307 g/mol. The minimum absolute atomic E-state index is 0.0549. The van der Waals surface area contributed by atoms with Gasteiger partial charge >= 0.3 is 0 Å². The standard InChI is InChI=1S/C18H17N3O2/c1-13-2-4-14(5-3-13)11-22-15-6-7-16(19-10-15)17-8-9-20-21(17)18-12-23-18/h2-10,18H,11-12H2,1H3. The van der Waals surface area contributed by atoms with E-state index in [1.54, 1.807) is 12.4 Å². The fourth-order valence-corrected chi connectivity index (χ4v) is 2.40. The number of aryl methyl sites for hydroxylation is 1. The Hall–Kier alpha value is -2.66. The Morgan fingerprint density at radius 3 is 2.70 bits per heavy atom. The normalized spacial score (nSPS) is 16.3. The summed E-state index contributed by atoms with van der Waals surface area (Å²) in [4.78, 5) is 4.48. The molecule has 3 heterocycles. The van der Waals surface area contributed by atoms with E-state index in [2.05, 4.69) is 41.3 Å². The summed E-state index contributed by atoms with van der Waals surface area (Å²) in [5, 5.41) is 4.28. The second kappa shape index (κ2) is 5.85. The van der Waals surface area contributed by atoms with Crippen LogP contribution in [-0.4, -0.2) is 21.4 Å². The van der Waals surface area contributed by atoms with Gasteiger partial charge in [-0.2, -0.15) is 5.10 Å². The number of hydrogen-bond acceptors (Lipinski definition) is 4. The highest BCUT2D eigenvalue weighted by atomic mass is 16.6. The largest absolute Gasteiger partial charge is 0.487 e. The molecule has 1 aliphatic rings.